The lowest BCUT2D eigenvalue weighted by atomic mass is 9.55. The normalized spacial score (nSPS) is 27.1. The Hall–Kier alpha value is -1.95. The van der Waals surface area contributed by atoms with E-state index < -0.39 is 0 Å². The van der Waals surface area contributed by atoms with Gasteiger partial charge in [0, 0.05) is 42.3 Å². The molecule has 144 valence electrons. The smallest absolute Gasteiger partial charge is 0.196 e. The second-order valence-electron chi connectivity index (χ2n) is 7.56. The van der Waals surface area contributed by atoms with E-state index in [1.165, 1.54) is 6.42 Å². The lowest BCUT2D eigenvalue weighted by Crippen LogP contribution is -2.70. The highest BCUT2D eigenvalue weighted by Gasteiger charge is 2.58. The third-order valence-electron chi connectivity index (χ3n) is 5.59. The van der Waals surface area contributed by atoms with Crippen LogP contribution in [0.15, 0.2) is 23.2 Å². The molecule has 0 spiro atoms. The van der Waals surface area contributed by atoms with Crippen molar-refractivity contribution in [3.63, 3.8) is 0 Å². The molecule has 1 aromatic carbocycles. The van der Waals surface area contributed by atoms with Crippen molar-refractivity contribution in [2.24, 2.45) is 16.3 Å². The van der Waals surface area contributed by atoms with Gasteiger partial charge in [0.15, 0.2) is 17.5 Å². The number of hydrogen-bond acceptors (Lipinski definition) is 4. The van der Waals surface area contributed by atoms with Gasteiger partial charge in [-0.1, -0.05) is 13.8 Å². The fourth-order valence-electron chi connectivity index (χ4n) is 4.29. The number of nitrogens with one attached hydrogen (secondary N) is 2. The fourth-order valence-corrected chi connectivity index (χ4v) is 4.29. The van der Waals surface area contributed by atoms with Crippen LogP contribution < -0.4 is 20.1 Å². The van der Waals surface area contributed by atoms with Crippen LogP contribution in [-0.4, -0.2) is 45.5 Å². The molecular weight excluding hydrogens is 330 g/mol. The topological polar surface area (TPSA) is 64.1 Å². The van der Waals surface area contributed by atoms with Crippen LogP contribution in [-0.2, 0) is 4.74 Å². The summed E-state index contributed by atoms with van der Waals surface area (Å²) in [5, 5.41) is 7.05. The van der Waals surface area contributed by atoms with E-state index >= 15 is 0 Å². The van der Waals surface area contributed by atoms with Crippen LogP contribution in [0.3, 0.4) is 0 Å². The number of aliphatic imine (C=N–C) groups is 1. The predicted molar refractivity (Wildman–Crippen MR) is 104 cm³/mol. The van der Waals surface area contributed by atoms with Crippen molar-refractivity contribution in [2.45, 2.75) is 45.8 Å². The largest absolute Gasteiger partial charge is 0.493 e. The molecule has 0 aromatic heterocycles. The highest BCUT2D eigenvalue weighted by Crippen LogP contribution is 2.51. The Bertz CT molecular complexity index is 660. The summed E-state index contributed by atoms with van der Waals surface area (Å²) in [6.07, 6.45) is 2.69. The average Bonchev–Trinajstić information content (AvgIpc) is 2.66. The van der Waals surface area contributed by atoms with Gasteiger partial charge in [-0.2, -0.15) is 0 Å². The molecule has 3 rings (SSSR count). The fraction of sp³-hybridized carbons (Fsp3) is 0.650. The monoisotopic (exact) mass is 361 g/mol. The summed E-state index contributed by atoms with van der Waals surface area (Å²) >= 11 is 0. The number of fused-ring (bicyclic) bond motifs is 1. The van der Waals surface area contributed by atoms with Crippen molar-refractivity contribution < 1.29 is 14.2 Å². The number of guanidine groups is 1. The van der Waals surface area contributed by atoms with Gasteiger partial charge in [-0.25, -0.2) is 0 Å². The van der Waals surface area contributed by atoms with Crippen LogP contribution in [0.5, 0.6) is 11.5 Å². The van der Waals surface area contributed by atoms with E-state index in [-0.39, 0.29) is 5.41 Å². The maximum atomic E-state index is 6.01. The van der Waals surface area contributed by atoms with Crippen LogP contribution in [0.4, 0.5) is 5.69 Å². The van der Waals surface area contributed by atoms with Gasteiger partial charge < -0.3 is 24.8 Å². The van der Waals surface area contributed by atoms with Crippen LogP contribution >= 0.6 is 0 Å². The van der Waals surface area contributed by atoms with Gasteiger partial charge in [0.25, 0.3) is 0 Å². The van der Waals surface area contributed by atoms with Gasteiger partial charge >= 0.3 is 0 Å². The van der Waals surface area contributed by atoms with Crippen molar-refractivity contribution in [1.29, 1.82) is 0 Å². The molecule has 3 unspecified atom stereocenters. The summed E-state index contributed by atoms with van der Waals surface area (Å²) in [5.74, 6) is 2.75. The first-order valence-corrected chi connectivity index (χ1v) is 9.43. The minimum atomic E-state index is 0.0961. The van der Waals surface area contributed by atoms with Crippen molar-refractivity contribution >= 4 is 11.6 Å². The Morgan fingerprint density at radius 1 is 1.27 bits per heavy atom. The first-order valence-electron chi connectivity index (χ1n) is 9.43. The van der Waals surface area contributed by atoms with Gasteiger partial charge in [0.2, 0.25) is 0 Å². The molecule has 2 fully saturated rings. The zero-order valence-corrected chi connectivity index (χ0v) is 16.5. The van der Waals surface area contributed by atoms with Gasteiger partial charge in [-0.05, 0) is 31.9 Å². The molecule has 6 nitrogen and oxygen atoms in total. The third-order valence-corrected chi connectivity index (χ3v) is 5.59. The van der Waals surface area contributed by atoms with Gasteiger partial charge in [0.1, 0.15) is 0 Å². The van der Waals surface area contributed by atoms with Crippen LogP contribution in [0.25, 0.3) is 0 Å². The van der Waals surface area contributed by atoms with Crippen molar-refractivity contribution in [3.8, 4) is 11.5 Å². The summed E-state index contributed by atoms with van der Waals surface area (Å²) in [4.78, 5) is 4.62. The van der Waals surface area contributed by atoms with E-state index in [9.17, 15) is 0 Å². The minimum Gasteiger partial charge on any atom is -0.493 e. The first-order chi connectivity index (χ1) is 12.5. The van der Waals surface area contributed by atoms with E-state index in [1.807, 2.05) is 25.1 Å². The molecule has 1 aliphatic carbocycles. The third kappa shape index (κ3) is 3.47. The van der Waals surface area contributed by atoms with Crippen LogP contribution in [0, 0.1) is 11.3 Å². The number of anilines is 1. The number of benzene rings is 1. The number of nitrogens with zero attached hydrogens (tertiary/aromatic N) is 1. The Morgan fingerprint density at radius 3 is 2.73 bits per heavy atom. The van der Waals surface area contributed by atoms with Crippen LogP contribution in [0.1, 0.15) is 33.6 Å². The van der Waals surface area contributed by atoms with Gasteiger partial charge in [-0.3, -0.25) is 4.99 Å². The molecule has 26 heavy (non-hydrogen) atoms. The quantitative estimate of drug-likeness (QED) is 0.622. The number of methoxy groups -OCH3 is 2. The van der Waals surface area contributed by atoms with Crippen LogP contribution in [0.2, 0.25) is 0 Å². The molecule has 1 aliphatic heterocycles. The number of rotatable bonds is 5. The summed E-state index contributed by atoms with van der Waals surface area (Å²) in [7, 11) is 3.28. The number of ether oxygens (including phenoxy) is 3. The van der Waals surface area contributed by atoms with E-state index in [0.717, 1.165) is 24.7 Å². The minimum absolute atomic E-state index is 0.0961. The van der Waals surface area contributed by atoms with E-state index in [4.69, 9.17) is 14.2 Å². The molecule has 0 amide bonds. The molecule has 1 aromatic rings. The second kappa shape index (κ2) is 7.74. The Labute approximate surface area is 156 Å². The highest BCUT2D eigenvalue weighted by molar-refractivity contribution is 5.94. The molecule has 3 atom stereocenters. The zero-order chi connectivity index (χ0) is 18.7. The summed E-state index contributed by atoms with van der Waals surface area (Å²) in [5.41, 5.74) is 1.01. The second-order valence-corrected chi connectivity index (χ2v) is 7.56. The van der Waals surface area contributed by atoms with E-state index in [0.29, 0.717) is 36.1 Å². The van der Waals surface area contributed by atoms with Crippen molar-refractivity contribution in [1.82, 2.24) is 5.32 Å². The Morgan fingerprint density at radius 2 is 2.04 bits per heavy atom. The van der Waals surface area contributed by atoms with Gasteiger partial charge in [-0.15, -0.1) is 0 Å². The molecular formula is C20H31N3O3. The maximum absolute atomic E-state index is 6.01. The van der Waals surface area contributed by atoms with E-state index in [1.54, 1.807) is 14.2 Å². The molecule has 1 saturated heterocycles. The first kappa shape index (κ1) is 18.8. The Kier molecular flexibility index (Phi) is 5.61. The SMILES string of the molecule is CCN=C(Nc1ccc(OC)c(OC)c1)NC1C2CCCOC2C1(C)C. The summed E-state index contributed by atoms with van der Waals surface area (Å²) in [6, 6.07) is 6.13. The number of hydrogen-bond donors (Lipinski definition) is 2. The lowest BCUT2D eigenvalue weighted by Gasteiger charge is -2.60. The summed E-state index contributed by atoms with van der Waals surface area (Å²) in [6.45, 7) is 8.18. The molecule has 2 N–H and O–H groups in total. The molecule has 6 heteroatoms. The molecule has 0 bridgehead atoms. The predicted octanol–water partition coefficient (Wildman–Crippen LogP) is 3.28. The standard InChI is InChI=1S/C20H31N3O3/c1-6-21-19(22-13-9-10-15(24-4)16(12-13)25-5)23-17-14-8-7-11-26-18(14)20(17,2)3/h9-10,12,14,17-18H,6-8,11H2,1-5H3,(H2,21,22,23). The summed E-state index contributed by atoms with van der Waals surface area (Å²) < 4.78 is 16.7. The maximum Gasteiger partial charge on any atom is 0.196 e. The lowest BCUT2D eigenvalue weighted by molar-refractivity contribution is -0.188. The average molecular weight is 361 g/mol. The van der Waals surface area contributed by atoms with Crippen molar-refractivity contribution in [2.75, 3.05) is 32.7 Å². The highest BCUT2D eigenvalue weighted by atomic mass is 16.5. The van der Waals surface area contributed by atoms with E-state index in [2.05, 4.69) is 29.5 Å². The molecule has 0 radical (unpaired) electrons. The zero-order valence-electron chi connectivity index (χ0n) is 16.5. The van der Waals surface area contributed by atoms with Gasteiger partial charge in [0.05, 0.1) is 20.3 Å². The molecule has 1 saturated carbocycles. The Balaban J connectivity index is 1.73. The molecule has 2 aliphatic rings. The van der Waals surface area contributed by atoms with Crippen molar-refractivity contribution in [3.05, 3.63) is 18.2 Å². The molecule has 1 heterocycles.